The highest BCUT2D eigenvalue weighted by Crippen LogP contribution is 2.29. The smallest absolute Gasteiger partial charge is 0.178 e. The average Bonchev–Trinajstić information content (AvgIpc) is 3.06. The maximum absolute atomic E-state index is 12.0. The largest absolute Gasteiger partial charge is 0.457 e. The van der Waals surface area contributed by atoms with Crippen LogP contribution < -0.4 is 4.74 Å². The van der Waals surface area contributed by atoms with Crippen LogP contribution in [-0.2, 0) is 9.84 Å². The Labute approximate surface area is 174 Å². The van der Waals surface area contributed by atoms with E-state index in [1.807, 2.05) is 54.0 Å². The summed E-state index contributed by atoms with van der Waals surface area (Å²) in [5, 5.41) is 0.610. The Morgan fingerprint density at radius 1 is 1.00 bits per heavy atom. The Kier molecular flexibility index (Phi) is 5.06. The zero-order valence-corrected chi connectivity index (χ0v) is 17.5. The SMILES string of the molecule is CCS(=O)(=O)c1ccc(Oc2cccc(-n3c(C)nc4c(Cl)cccc43)c2)cc1. The summed E-state index contributed by atoms with van der Waals surface area (Å²) < 4.78 is 31.9. The number of halogens is 1. The zero-order chi connectivity index (χ0) is 20.6. The van der Waals surface area contributed by atoms with Crippen LogP contribution >= 0.6 is 11.6 Å². The maximum atomic E-state index is 12.0. The van der Waals surface area contributed by atoms with Gasteiger partial charge in [0.05, 0.1) is 26.9 Å². The molecule has 4 rings (SSSR count). The molecule has 0 aliphatic rings. The molecule has 0 N–H and O–H groups in total. The molecule has 1 aromatic heterocycles. The summed E-state index contributed by atoms with van der Waals surface area (Å²) in [6.07, 6.45) is 0. The number of hydrogen-bond donors (Lipinski definition) is 0. The fraction of sp³-hybridized carbons (Fsp3) is 0.136. The lowest BCUT2D eigenvalue weighted by molar-refractivity contribution is 0.482. The highest BCUT2D eigenvalue weighted by Gasteiger charge is 2.13. The first-order valence-corrected chi connectivity index (χ1v) is 11.2. The molecular weight excluding hydrogens is 408 g/mol. The minimum absolute atomic E-state index is 0.0669. The lowest BCUT2D eigenvalue weighted by Crippen LogP contribution is -2.03. The second-order valence-electron chi connectivity index (χ2n) is 6.58. The number of aromatic nitrogens is 2. The van der Waals surface area contributed by atoms with E-state index in [1.165, 1.54) is 0 Å². The molecule has 0 aliphatic carbocycles. The monoisotopic (exact) mass is 426 g/mol. The van der Waals surface area contributed by atoms with E-state index in [0.717, 1.165) is 22.5 Å². The molecule has 29 heavy (non-hydrogen) atoms. The maximum Gasteiger partial charge on any atom is 0.178 e. The number of aryl methyl sites for hydroxylation is 1. The molecular formula is C22H19ClN2O3S. The molecule has 5 nitrogen and oxygen atoms in total. The van der Waals surface area contributed by atoms with E-state index in [9.17, 15) is 8.42 Å². The summed E-state index contributed by atoms with van der Waals surface area (Å²) in [6.45, 7) is 3.55. The van der Waals surface area contributed by atoms with Gasteiger partial charge in [-0.15, -0.1) is 0 Å². The van der Waals surface area contributed by atoms with Crippen molar-refractivity contribution in [1.29, 1.82) is 0 Å². The Balaban J connectivity index is 1.67. The minimum atomic E-state index is -3.23. The summed E-state index contributed by atoms with van der Waals surface area (Å²) in [4.78, 5) is 4.87. The third kappa shape index (κ3) is 3.73. The topological polar surface area (TPSA) is 61.2 Å². The molecule has 0 saturated heterocycles. The van der Waals surface area contributed by atoms with E-state index in [4.69, 9.17) is 16.3 Å². The number of hydrogen-bond acceptors (Lipinski definition) is 4. The van der Waals surface area contributed by atoms with Crippen molar-refractivity contribution in [2.24, 2.45) is 0 Å². The van der Waals surface area contributed by atoms with Gasteiger partial charge >= 0.3 is 0 Å². The van der Waals surface area contributed by atoms with Crippen molar-refractivity contribution < 1.29 is 13.2 Å². The Morgan fingerprint density at radius 3 is 2.45 bits per heavy atom. The van der Waals surface area contributed by atoms with Crippen LogP contribution in [0.4, 0.5) is 0 Å². The van der Waals surface area contributed by atoms with Crippen LogP contribution in [-0.4, -0.2) is 23.7 Å². The predicted molar refractivity (Wildman–Crippen MR) is 115 cm³/mol. The van der Waals surface area contributed by atoms with Crippen LogP contribution in [0.15, 0.2) is 71.6 Å². The van der Waals surface area contributed by atoms with Gasteiger partial charge in [-0.3, -0.25) is 4.57 Å². The average molecular weight is 427 g/mol. The molecule has 7 heteroatoms. The molecule has 0 aliphatic heterocycles. The van der Waals surface area contributed by atoms with Gasteiger partial charge in [-0.05, 0) is 55.5 Å². The third-order valence-corrected chi connectivity index (χ3v) is 6.73. The molecule has 0 spiro atoms. The lowest BCUT2D eigenvalue weighted by Gasteiger charge is -2.11. The normalized spacial score (nSPS) is 11.7. The molecule has 4 aromatic rings. The molecule has 0 atom stereocenters. The standard InChI is InChI=1S/C22H19ClN2O3S/c1-3-29(26,27)19-12-10-17(11-13-19)28-18-7-4-6-16(14-18)25-15(2)24-22-20(23)8-5-9-21(22)25/h4-14H,3H2,1-2H3. The van der Waals surface area contributed by atoms with Crippen molar-refractivity contribution >= 4 is 32.5 Å². The van der Waals surface area contributed by atoms with Crippen molar-refractivity contribution in [2.75, 3.05) is 5.75 Å². The molecule has 3 aromatic carbocycles. The molecule has 1 heterocycles. The Morgan fingerprint density at radius 2 is 1.72 bits per heavy atom. The first kappa shape index (κ1) is 19.5. The summed E-state index contributed by atoms with van der Waals surface area (Å²) in [7, 11) is -3.23. The van der Waals surface area contributed by atoms with Gasteiger partial charge < -0.3 is 4.74 Å². The van der Waals surface area contributed by atoms with Crippen LogP contribution in [0.25, 0.3) is 16.7 Å². The Hall–Kier alpha value is -2.83. The fourth-order valence-corrected chi connectivity index (χ4v) is 4.31. The van der Waals surface area contributed by atoms with Crippen LogP contribution in [0.1, 0.15) is 12.7 Å². The van der Waals surface area contributed by atoms with Crippen molar-refractivity contribution in [2.45, 2.75) is 18.7 Å². The van der Waals surface area contributed by atoms with Crippen LogP contribution in [0.5, 0.6) is 11.5 Å². The van der Waals surface area contributed by atoms with Crippen LogP contribution in [0.2, 0.25) is 5.02 Å². The molecule has 0 saturated carbocycles. The minimum Gasteiger partial charge on any atom is -0.457 e. The van der Waals surface area contributed by atoms with Gasteiger partial charge in [0.1, 0.15) is 22.8 Å². The Bertz CT molecular complexity index is 1300. The van der Waals surface area contributed by atoms with E-state index in [2.05, 4.69) is 4.98 Å². The molecule has 0 bridgehead atoms. The summed E-state index contributed by atoms with van der Waals surface area (Å²) >= 11 is 6.28. The number of imidazole rings is 1. The van der Waals surface area contributed by atoms with Crippen LogP contribution in [0, 0.1) is 6.92 Å². The number of ether oxygens (including phenoxy) is 1. The van der Waals surface area contributed by atoms with Gasteiger partial charge in [0.15, 0.2) is 9.84 Å². The van der Waals surface area contributed by atoms with Gasteiger partial charge in [0.2, 0.25) is 0 Å². The highest BCUT2D eigenvalue weighted by molar-refractivity contribution is 7.91. The number of para-hydroxylation sites is 1. The first-order valence-electron chi connectivity index (χ1n) is 9.14. The van der Waals surface area contributed by atoms with E-state index >= 15 is 0 Å². The summed E-state index contributed by atoms with van der Waals surface area (Å²) in [5.74, 6) is 2.08. The second-order valence-corrected chi connectivity index (χ2v) is 9.26. The number of benzene rings is 3. The van der Waals surface area contributed by atoms with Crippen molar-refractivity contribution in [1.82, 2.24) is 9.55 Å². The van der Waals surface area contributed by atoms with Gasteiger partial charge in [0.25, 0.3) is 0 Å². The molecule has 0 unspecified atom stereocenters. The predicted octanol–water partition coefficient (Wildman–Crippen LogP) is 5.57. The number of sulfone groups is 1. The number of rotatable bonds is 5. The molecule has 148 valence electrons. The van der Waals surface area contributed by atoms with E-state index in [0.29, 0.717) is 21.4 Å². The fourth-order valence-electron chi connectivity index (χ4n) is 3.21. The summed E-state index contributed by atoms with van der Waals surface area (Å²) in [5.41, 5.74) is 2.57. The van der Waals surface area contributed by atoms with Crippen molar-refractivity contribution in [3.63, 3.8) is 0 Å². The van der Waals surface area contributed by atoms with Gasteiger partial charge in [0, 0.05) is 6.07 Å². The highest BCUT2D eigenvalue weighted by atomic mass is 35.5. The van der Waals surface area contributed by atoms with Crippen molar-refractivity contribution in [3.05, 3.63) is 77.6 Å². The van der Waals surface area contributed by atoms with Gasteiger partial charge in [-0.2, -0.15) is 0 Å². The lowest BCUT2D eigenvalue weighted by atomic mass is 10.2. The molecule has 0 radical (unpaired) electrons. The third-order valence-electron chi connectivity index (χ3n) is 4.68. The first-order chi connectivity index (χ1) is 13.9. The molecule has 0 fully saturated rings. The van der Waals surface area contributed by atoms with Gasteiger partial charge in [-0.1, -0.05) is 30.7 Å². The number of fused-ring (bicyclic) bond motifs is 1. The van der Waals surface area contributed by atoms with E-state index in [-0.39, 0.29) is 5.75 Å². The quantitative estimate of drug-likeness (QED) is 0.418. The molecule has 0 amide bonds. The van der Waals surface area contributed by atoms with Gasteiger partial charge in [-0.25, -0.2) is 13.4 Å². The second kappa shape index (κ2) is 7.54. The van der Waals surface area contributed by atoms with Crippen LogP contribution in [0.3, 0.4) is 0 Å². The zero-order valence-electron chi connectivity index (χ0n) is 16.0. The summed E-state index contributed by atoms with van der Waals surface area (Å²) in [6, 6.07) is 19.8. The van der Waals surface area contributed by atoms with E-state index < -0.39 is 9.84 Å². The van der Waals surface area contributed by atoms with E-state index in [1.54, 1.807) is 31.2 Å². The van der Waals surface area contributed by atoms with Crippen molar-refractivity contribution in [3.8, 4) is 17.2 Å². The number of nitrogens with zero attached hydrogens (tertiary/aromatic N) is 2.